The number of nitrogens with zero attached hydrogens (tertiary/aromatic N) is 2. The zero-order valence-electron chi connectivity index (χ0n) is 11.2. The Bertz CT molecular complexity index is 395. The topological polar surface area (TPSA) is 28.2 Å². The van der Waals surface area contributed by atoms with E-state index in [1.165, 1.54) is 25.5 Å². The van der Waals surface area contributed by atoms with E-state index in [1.54, 1.807) is 6.07 Å². The van der Waals surface area contributed by atoms with Gasteiger partial charge in [-0.2, -0.15) is 0 Å². The Morgan fingerprint density at radius 3 is 3.06 bits per heavy atom. The number of hydrogen-bond donors (Lipinski definition) is 1. The van der Waals surface area contributed by atoms with Gasteiger partial charge in [0.2, 0.25) is 0 Å². The Morgan fingerprint density at radius 1 is 1.44 bits per heavy atom. The molecular formula is C14H22FN3. The third-order valence-electron chi connectivity index (χ3n) is 3.59. The van der Waals surface area contributed by atoms with Crippen LogP contribution in [0.4, 0.5) is 10.2 Å². The second-order valence-electron chi connectivity index (χ2n) is 5.19. The maximum atomic E-state index is 13.3. The third kappa shape index (κ3) is 3.19. The van der Waals surface area contributed by atoms with E-state index in [9.17, 15) is 4.39 Å². The van der Waals surface area contributed by atoms with Crippen LogP contribution in [0.25, 0.3) is 0 Å². The largest absolute Gasteiger partial charge is 0.356 e. The lowest BCUT2D eigenvalue weighted by molar-refractivity contribution is 0.521. The molecule has 1 aliphatic heterocycles. The predicted molar refractivity (Wildman–Crippen MR) is 72.2 cm³/mol. The van der Waals surface area contributed by atoms with Gasteiger partial charge >= 0.3 is 0 Å². The number of pyridine rings is 1. The summed E-state index contributed by atoms with van der Waals surface area (Å²) in [5, 5.41) is 3.08. The highest BCUT2D eigenvalue weighted by Crippen LogP contribution is 2.24. The van der Waals surface area contributed by atoms with Gasteiger partial charge in [0.25, 0.3) is 0 Å². The number of nitrogens with one attached hydrogen (secondary N) is 1. The first-order valence-corrected chi connectivity index (χ1v) is 6.74. The zero-order valence-corrected chi connectivity index (χ0v) is 11.2. The standard InChI is InChI=1S/C14H22FN3/c1-11-4-3-6-18(7-5-11)14-12(9-16-2)8-13(15)10-17-14/h8,10-11,16H,3-7,9H2,1-2H3. The van der Waals surface area contributed by atoms with E-state index >= 15 is 0 Å². The molecule has 1 aromatic heterocycles. The van der Waals surface area contributed by atoms with Gasteiger partial charge in [0.15, 0.2) is 0 Å². The lowest BCUT2D eigenvalue weighted by Gasteiger charge is -2.24. The van der Waals surface area contributed by atoms with Crippen LogP contribution < -0.4 is 10.2 Å². The summed E-state index contributed by atoms with van der Waals surface area (Å²) >= 11 is 0. The SMILES string of the molecule is CNCc1cc(F)cnc1N1CCCC(C)CC1. The monoisotopic (exact) mass is 251 g/mol. The van der Waals surface area contributed by atoms with Gasteiger partial charge in [0, 0.05) is 25.2 Å². The maximum absolute atomic E-state index is 13.3. The van der Waals surface area contributed by atoms with Crippen LogP contribution in [0.15, 0.2) is 12.3 Å². The summed E-state index contributed by atoms with van der Waals surface area (Å²) in [7, 11) is 1.87. The average Bonchev–Trinajstić information content (AvgIpc) is 2.55. The van der Waals surface area contributed by atoms with Gasteiger partial charge in [0.1, 0.15) is 11.6 Å². The van der Waals surface area contributed by atoms with Crippen molar-refractivity contribution in [3.63, 3.8) is 0 Å². The fraction of sp³-hybridized carbons (Fsp3) is 0.643. The van der Waals surface area contributed by atoms with Crippen molar-refractivity contribution in [3.05, 3.63) is 23.6 Å². The summed E-state index contributed by atoms with van der Waals surface area (Å²) in [6.45, 7) is 5.01. The van der Waals surface area contributed by atoms with Gasteiger partial charge in [-0.05, 0) is 38.3 Å². The lowest BCUT2D eigenvalue weighted by atomic mass is 10.0. The second-order valence-corrected chi connectivity index (χ2v) is 5.19. The molecule has 4 heteroatoms. The number of halogens is 1. The first kappa shape index (κ1) is 13.3. The molecule has 0 amide bonds. The van der Waals surface area contributed by atoms with Gasteiger partial charge in [-0.25, -0.2) is 9.37 Å². The molecule has 1 aliphatic rings. The molecule has 0 radical (unpaired) electrons. The highest BCUT2D eigenvalue weighted by Gasteiger charge is 2.17. The van der Waals surface area contributed by atoms with Crippen molar-refractivity contribution in [1.82, 2.24) is 10.3 Å². The molecule has 1 aromatic rings. The van der Waals surface area contributed by atoms with E-state index in [4.69, 9.17) is 0 Å². The predicted octanol–water partition coefficient (Wildman–Crippen LogP) is 2.57. The van der Waals surface area contributed by atoms with Crippen molar-refractivity contribution >= 4 is 5.82 Å². The molecular weight excluding hydrogens is 229 g/mol. The maximum Gasteiger partial charge on any atom is 0.141 e. The first-order valence-electron chi connectivity index (χ1n) is 6.74. The van der Waals surface area contributed by atoms with Gasteiger partial charge in [-0.3, -0.25) is 0 Å². The average molecular weight is 251 g/mol. The summed E-state index contributed by atoms with van der Waals surface area (Å²) in [4.78, 5) is 6.60. The Kier molecular flexibility index (Phi) is 4.53. The van der Waals surface area contributed by atoms with Crippen LogP contribution in [0.5, 0.6) is 0 Å². The third-order valence-corrected chi connectivity index (χ3v) is 3.59. The van der Waals surface area contributed by atoms with E-state index in [0.717, 1.165) is 30.4 Å². The lowest BCUT2D eigenvalue weighted by Crippen LogP contribution is -2.27. The van der Waals surface area contributed by atoms with E-state index in [0.29, 0.717) is 6.54 Å². The number of hydrogen-bond acceptors (Lipinski definition) is 3. The van der Waals surface area contributed by atoms with Crippen LogP contribution in [0.3, 0.4) is 0 Å². The van der Waals surface area contributed by atoms with E-state index in [-0.39, 0.29) is 5.82 Å². The molecule has 1 fully saturated rings. The molecule has 1 saturated heterocycles. The van der Waals surface area contributed by atoms with Crippen molar-refractivity contribution in [1.29, 1.82) is 0 Å². The van der Waals surface area contributed by atoms with Crippen molar-refractivity contribution in [2.45, 2.75) is 32.7 Å². The van der Waals surface area contributed by atoms with Crippen LogP contribution in [-0.2, 0) is 6.54 Å². The summed E-state index contributed by atoms with van der Waals surface area (Å²) in [6, 6.07) is 1.59. The highest BCUT2D eigenvalue weighted by molar-refractivity contribution is 5.47. The van der Waals surface area contributed by atoms with Crippen molar-refractivity contribution < 1.29 is 4.39 Å². The smallest absolute Gasteiger partial charge is 0.141 e. The summed E-state index contributed by atoms with van der Waals surface area (Å²) in [5.41, 5.74) is 0.951. The van der Waals surface area contributed by atoms with Gasteiger partial charge in [0.05, 0.1) is 6.20 Å². The molecule has 0 aromatic carbocycles. The second kappa shape index (κ2) is 6.14. The summed E-state index contributed by atoms with van der Waals surface area (Å²) < 4.78 is 13.3. The molecule has 2 heterocycles. The molecule has 0 bridgehead atoms. The minimum atomic E-state index is -0.257. The highest BCUT2D eigenvalue weighted by atomic mass is 19.1. The van der Waals surface area contributed by atoms with Crippen molar-refractivity contribution in [3.8, 4) is 0 Å². The zero-order chi connectivity index (χ0) is 13.0. The van der Waals surface area contributed by atoms with E-state index in [2.05, 4.69) is 22.1 Å². The first-order chi connectivity index (χ1) is 8.70. The molecule has 18 heavy (non-hydrogen) atoms. The molecule has 100 valence electrons. The van der Waals surface area contributed by atoms with Crippen LogP contribution in [0, 0.1) is 11.7 Å². The Hall–Kier alpha value is -1.16. The quantitative estimate of drug-likeness (QED) is 0.895. The minimum Gasteiger partial charge on any atom is -0.356 e. The molecule has 3 nitrogen and oxygen atoms in total. The molecule has 0 spiro atoms. The van der Waals surface area contributed by atoms with Crippen LogP contribution in [0.1, 0.15) is 31.7 Å². The minimum absolute atomic E-state index is 0.257. The van der Waals surface area contributed by atoms with Gasteiger partial charge in [-0.15, -0.1) is 0 Å². The molecule has 0 aliphatic carbocycles. The summed E-state index contributed by atoms with van der Waals surface area (Å²) in [6.07, 6.45) is 4.99. The Morgan fingerprint density at radius 2 is 2.28 bits per heavy atom. The molecule has 1 N–H and O–H groups in total. The van der Waals surface area contributed by atoms with E-state index < -0.39 is 0 Å². The van der Waals surface area contributed by atoms with Crippen LogP contribution in [-0.4, -0.2) is 25.1 Å². The molecule has 1 atom stereocenters. The Labute approximate surface area is 108 Å². The summed E-state index contributed by atoms with van der Waals surface area (Å²) in [5.74, 6) is 1.47. The fourth-order valence-electron chi connectivity index (χ4n) is 2.55. The molecule has 0 saturated carbocycles. The van der Waals surface area contributed by atoms with E-state index in [1.807, 2.05) is 7.05 Å². The van der Waals surface area contributed by atoms with Gasteiger partial charge in [-0.1, -0.05) is 6.92 Å². The molecule has 2 rings (SSSR count). The number of rotatable bonds is 3. The normalized spacial score (nSPS) is 20.8. The fourth-order valence-corrected chi connectivity index (χ4v) is 2.55. The number of aromatic nitrogens is 1. The van der Waals surface area contributed by atoms with Crippen LogP contribution in [0.2, 0.25) is 0 Å². The van der Waals surface area contributed by atoms with Crippen molar-refractivity contribution in [2.75, 3.05) is 25.0 Å². The number of anilines is 1. The van der Waals surface area contributed by atoms with Crippen molar-refractivity contribution in [2.24, 2.45) is 5.92 Å². The van der Waals surface area contributed by atoms with Crippen LogP contribution >= 0.6 is 0 Å². The van der Waals surface area contributed by atoms with Gasteiger partial charge < -0.3 is 10.2 Å². The Balaban J connectivity index is 2.20. The molecule has 1 unspecified atom stereocenters.